The van der Waals surface area contributed by atoms with E-state index in [1.807, 2.05) is 0 Å². The van der Waals surface area contributed by atoms with Crippen LogP contribution in [0.4, 0.5) is 16.2 Å². The first kappa shape index (κ1) is 15.4. The Kier molecular flexibility index (Phi) is 4.63. The maximum Gasteiger partial charge on any atom is 0.325 e. The van der Waals surface area contributed by atoms with E-state index in [-0.39, 0.29) is 5.69 Å². The molecule has 20 heavy (non-hydrogen) atoms. The summed E-state index contributed by atoms with van der Waals surface area (Å²) < 4.78 is 0. The smallest absolute Gasteiger partial charge is 0.325 e. The molecular formula is C12H15N3O5. The van der Waals surface area contributed by atoms with Gasteiger partial charge in [-0.15, -0.1) is 0 Å². The van der Waals surface area contributed by atoms with Gasteiger partial charge in [0.2, 0.25) is 0 Å². The quantitative estimate of drug-likeness (QED) is 0.574. The van der Waals surface area contributed by atoms with E-state index in [0.717, 1.165) is 0 Å². The number of hydrogen-bond donors (Lipinski definition) is 3. The Morgan fingerprint density at radius 3 is 2.40 bits per heavy atom. The van der Waals surface area contributed by atoms with Gasteiger partial charge in [-0.3, -0.25) is 14.9 Å². The van der Waals surface area contributed by atoms with Crippen molar-refractivity contribution in [1.82, 2.24) is 5.32 Å². The molecule has 1 rings (SSSR count). The Balaban J connectivity index is 2.88. The molecule has 0 spiro atoms. The lowest BCUT2D eigenvalue weighted by atomic mass is 10.1. The Bertz CT molecular complexity index is 570. The van der Waals surface area contributed by atoms with Crippen molar-refractivity contribution in [2.45, 2.75) is 26.8 Å². The van der Waals surface area contributed by atoms with E-state index in [1.165, 1.54) is 19.1 Å². The molecule has 0 aliphatic heterocycles. The fraction of sp³-hybridized carbons (Fsp3) is 0.333. The van der Waals surface area contributed by atoms with Gasteiger partial charge in [0.1, 0.15) is 6.04 Å². The number of nitrogens with zero attached hydrogens (tertiary/aromatic N) is 1. The van der Waals surface area contributed by atoms with Crippen molar-refractivity contribution in [3.63, 3.8) is 0 Å². The number of carbonyl (C=O) groups excluding carboxylic acids is 1. The zero-order valence-electron chi connectivity index (χ0n) is 11.3. The molecule has 2 amide bonds. The predicted octanol–water partition coefficient (Wildman–Crippen LogP) is 1.81. The number of rotatable bonds is 4. The third kappa shape index (κ3) is 3.67. The van der Waals surface area contributed by atoms with Gasteiger partial charge in [0.05, 0.1) is 4.92 Å². The molecule has 0 heterocycles. The third-order valence-corrected chi connectivity index (χ3v) is 2.71. The first-order valence-corrected chi connectivity index (χ1v) is 5.78. The highest BCUT2D eigenvalue weighted by molar-refractivity contribution is 5.93. The van der Waals surface area contributed by atoms with Crippen LogP contribution in [0.5, 0.6) is 0 Å². The SMILES string of the molecule is Cc1cc([N+](=O)[O-])c(C)cc1NC(=O)N[C@@H](C)C(=O)O. The first-order chi connectivity index (χ1) is 9.22. The Morgan fingerprint density at radius 2 is 1.90 bits per heavy atom. The number of anilines is 1. The van der Waals surface area contributed by atoms with Crippen LogP contribution in [-0.2, 0) is 4.79 Å². The number of carbonyl (C=O) groups is 2. The molecule has 0 radical (unpaired) electrons. The predicted molar refractivity (Wildman–Crippen MR) is 71.8 cm³/mol. The molecular weight excluding hydrogens is 266 g/mol. The molecule has 0 aliphatic carbocycles. The van der Waals surface area contributed by atoms with Gasteiger partial charge in [0.25, 0.3) is 5.69 Å². The summed E-state index contributed by atoms with van der Waals surface area (Å²) in [5, 5.41) is 24.1. The minimum atomic E-state index is -1.16. The lowest BCUT2D eigenvalue weighted by molar-refractivity contribution is -0.385. The average Bonchev–Trinajstić information content (AvgIpc) is 2.32. The number of carboxylic acids is 1. The normalized spacial score (nSPS) is 11.6. The van der Waals surface area contributed by atoms with E-state index >= 15 is 0 Å². The van der Waals surface area contributed by atoms with Crippen LogP contribution >= 0.6 is 0 Å². The van der Waals surface area contributed by atoms with Crippen LogP contribution in [0.15, 0.2) is 12.1 Å². The largest absolute Gasteiger partial charge is 0.480 e. The molecule has 0 aliphatic rings. The molecule has 0 saturated carbocycles. The fourth-order valence-corrected chi connectivity index (χ4v) is 1.55. The summed E-state index contributed by atoms with van der Waals surface area (Å²) in [6.07, 6.45) is 0. The fourth-order valence-electron chi connectivity index (χ4n) is 1.55. The van der Waals surface area contributed by atoms with Crippen LogP contribution in [0, 0.1) is 24.0 Å². The van der Waals surface area contributed by atoms with E-state index in [4.69, 9.17) is 5.11 Å². The van der Waals surface area contributed by atoms with Crippen molar-refractivity contribution >= 4 is 23.4 Å². The Morgan fingerprint density at radius 1 is 1.30 bits per heavy atom. The highest BCUT2D eigenvalue weighted by Gasteiger charge is 2.17. The number of benzene rings is 1. The second kappa shape index (κ2) is 6.00. The highest BCUT2D eigenvalue weighted by atomic mass is 16.6. The monoisotopic (exact) mass is 281 g/mol. The van der Waals surface area contributed by atoms with E-state index < -0.39 is 23.0 Å². The van der Waals surface area contributed by atoms with Crippen LogP contribution in [0.25, 0.3) is 0 Å². The molecule has 8 heteroatoms. The number of carboxylic acid groups (broad SMARTS) is 1. The van der Waals surface area contributed by atoms with Crippen LogP contribution in [0.2, 0.25) is 0 Å². The second-order valence-corrected chi connectivity index (χ2v) is 4.37. The third-order valence-electron chi connectivity index (χ3n) is 2.71. The summed E-state index contributed by atoms with van der Waals surface area (Å²) in [6, 6.07) is 1.11. The highest BCUT2D eigenvalue weighted by Crippen LogP contribution is 2.25. The molecule has 8 nitrogen and oxygen atoms in total. The van der Waals surface area contributed by atoms with Crippen molar-refractivity contribution in [1.29, 1.82) is 0 Å². The van der Waals surface area contributed by atoms with Crippen LogP contribution < -0.4 is 10.6 Å². The number of nitrogens with one attached hydrogen (secondary N) is 2. The van der Waals surface area contributed by atoms with Gasteiger partial charge >= 0.3 is 12.0 Å². The molecule has 0 aromatic heterocycles. The van der Waals surface area contributed by atoms with Gasteiger partial charge in [-0.1, -0.05) is 0 Å². The zero-order chi connectivity index (χ0) is 15.4. The van der Waals surface area contributed by atoms with Crippen molar-refractivity contribution in [2.75, 3.05) is 5.32 Å². The van der Waals surface area contributed by atoms with Gasteiger partial charge in [0, 0.05) is 17.3 Å². The number of aliphatic carboxylic acids is 1. The van der Waals surface area contributed by atoms with Crippen LogP contribution in [0.3, 0.4) is 0 Å². The van der Waals surface area contributed by atoms with Crippen molar-refractivity contribution < 1.29 is 19.6 Å². The lowest BCUT2D eigenvalue weighted by Crippen LogP contribution is -2.40. The summed E-state index contributed by atoms with van der Waals surface area (Å²) >= 11 is 0. The molecule has 1 aromatic rings. The zero-order valence-corrected chi connectivity index (χ0v) is 11.3. The topological polar surface area (TPSA) is 122 Å². The summed E-state index contributed by atoms with van der Waals surface area (Å²) in [7, 11) is 0. The molecule has 0 saturated heterocycles. The molecule has 0 bridgehead atoms. The number of nitro groups is 1. The molecule has 0 unspecified atom stereocenters. The minimum Gasteiger partial charge on any atom is -0.480 e. The summed E-state index contributed by atoms with van der Waals surface area (Å²) in [6.45, 7) is 4.50. The van der Waals surface area contributed by atoms with E-state index in [9.17, 15) is 19.7 Å². The summed E-state index contributed by atoms with van der Waals surface area (Å²) in [4.78, 5) is 32.5. The Labute approximate surface area is 114 Å². The maximum absolute atomic E-state index is 11.6. The van der Waals surface area contributed by atoms with Gasteiger partial charge in [-0.25, -0.2) is 4.79 Å². The molecule has 0 fully saturated rings. The van der Waals surface area contributed by atoms with Gasteiger partial charge in [-0.05, 0) is 32.4 Å². The number of nitro benzene ring substituents is 1. The maximum atomic E-state index is 11.6. The number of urea groups is 1. The molecule has 1 aromatic carbocycles. The van der Waals surface area contributed by atoms with Gasteiger partial charge in [-0.2, -0.15) is 0 Å². The number of aryl methyl sites for hydroxylation is 2. The number of hydrogen-bond acceptors (Lipinski definition) is 4. The van der Waals surface area contributed by atoms with Crippen molar-refractivity contribution in [2.24, 2.45) is 0 Å². The van der Waals surface area contributed by atoms with E-state index in [1.54, 1.807) is 13.8 Å². The minimum absolute atomic E-state index is 0.0348. The Hall–Kier alpha value is -2.64. The van der Waals surface area contributed by atoms with Crippen LogP contribution in [0.1, 0.15) is 18.1 Å². The average molecular weight is 281 g/mol. The molecule has 3 N–H and O–H groups in total. The van der Waals surface area contributed by atoms with Crippen molar-refractivity contribution in [3.05, 3.63) is 33.4 Å². The van der Waals surface area contributed by atoms with Gasteiger partial charge in [0.15, 0.2) is 0 Å². The molecule has 108 valence electrons. The summed E-state index contributed by atoms with van der Waals surface area (Å²) in [5.74, 6) is -1.16. The summed E-state index contributed by atoms with van der Waals surface area (Å²) in [5.41, 5.74) is 1.28. The van der Waals surface area contributed by atoms with Gasteiger partial charge < -0.3 is 15.7 Å². The van der Waals surface area contributed by atoms with Crippen LogP contribution in [-0.4, -0.2) is 28.1 Å². The molecule has 1 atom stereocenters. The van der Waals surface area contributed by atoms with E-state index in [0.29, 0.717) is 16.8 Å². The standard InChI is InChI=1S/C12H15N3O5/c1-6-5-10(15(19)20)7(2)4-9(6)14-12(18)13-8(3)11(16)17/h4-5,8H,1-3H3,(H,16,17)(H2,13,14,18)/t8-/m0/s1. The second-order valence-electron chi connectivity index (χ2n) is 4.37. The first-order valence-electron chi connectivity index (χ1n) is 5.78. The van der Waals surface area contributed by atoms with E-state index in [2.05, 4.69) is 10.6 Å². The number of amides is 2. The van der Waals surface area contributed by atoms with Crippen molar-refractivity contribution in [3.8, 4) is 0 Å². The lowest BCUT2D eigenvalue weighted by Gasteiger charge is -2.13.